The highest BCUT2D eigenvalue weighted by molar-refractivity contribution is 6.07. The van der Waals surface area contributed by atoms with E-state index in [1.54, 1.807) is 9.47 Å². The van der Waals surface area contributed by atoms with Crippen LogP contribution in [0.25, 0.3) is 0 Å². The van der Waals surface area contributed by atoms with Gasteiger partial charge in [0.15, 0.2) is 5.69 Å². The summed E-state index contributed by atoms with van der Waals surface area (Å²) in [5.74, 6) is -0.855. The highest BCUT2D eigenvalue weighted by atomic mass is 16.2. The van der Waals surface area contributed by atoms with Crippen LogP contribution < -0.4 is 10.6 Å². The van der Waals surface area contributed by atoms with Gasteiger partial charge in [-0.05, 0) is 43.7 Å². The second-order valence-electron chi connectivity index (χ2n) is 9.61. The van der Waals surface area contributed by atoms with Gasteiger partial charge in [0.1, 0.15) is 11.2 Å². The molecule has 8 heteroatoms. The molecule has 0 radical (unpaired) electrons. The van der Waals surface area contributed by atoms with Crippen molar-refractivity contribution < 1.29 is 14.4 Å². The molecule has 0 bridgehead atoms. The molecule has 1 aromatic heterocycles. The molecular weight excluding hydrogens is 430 g/mol. The van der Waals surface area contributed by atoms with Crippen molar-refractivity contribution in [3.63, 3.8) is 0 Å². The Morgan fingerprint density at radius 2 is 1.79 bits per heavy atom. The molecule has 1 saturated carbocycles. The normalized spacial score (nSPS) is 20.3. The molecule has 1 aliphatic heterocycles. The van der Waals surface area contributed by atoms with Crippen LogP contribution in [0.2, 0.25) is 0 Å². The van der Waals surface area contributed by atoms with Crippen LogP contribution in [-0.2, 0) is 24.3 Å². The van der Waals surface area contributed by atoms with Crippen LogP contribution in [0, 0.1) is 0 Å². The van der Waals surface area contributed by atoms with Crippen LogP contribution in [0.4, 0.5) is 0 Å². The van der Waals surface area contributed by atoms with Gasteiger partial charge in [-0.15, -0.1) is 0 Å². The maximum atomic E-state index is 13.6. The molecule has 4 rings (SSSR count). The molecule has 3 amide bonds. The molecule has 1 aliphatic carbocycles. The number of nitrogens with zero attached hydrogens (tertiary/aromatic N) is 3. The Hall–Kier alpha value is -3.16. The van der Waals surface area contributed by atoms with Crippen molar-refractivity contribution in [3.05, 3.63) is 53.1 Å². The van der Waals surface area contributed by atoms with Gasteiger partial charge in [-0.2, -0.15) is 0 Å². The first-order valence-corrected chi connectivity index (χ1v) is 12.4. The standard InChI is InChI=1S/C26H35N5O3/c1-4-14-31-24(33)22-21(23(32)27-15-19-12-10-18(5-2)11-13-19)28-17-30(22)16-26(31,3)25(34)29-20-8-6-7-9-20/h10-13,17,20H,4-9,14-16H2,1-3H3,(H,27,32)(H,29,34)/t26-/m0/s1. The van der Waals surface area contributed by atoms with Gasteiger partial charge in [-0.1, -0.05) is 51.0 Å². The third kappa shape index (κ3) is 4.58. The van der Waals surface area contributed by atoms with Gasteiger partial charge in [-0.3, -0.25) is 14.4 Å². The van der Waals surface area contributed by atoms with Crippen molar-refractivity contribution in [1.82, 2.24) is 25.1 Å². The van der Waals surface area contributed by atoms with Gasteiger partial charge in [0.2, 0.25) is 5.91 Å². The van der Waals surface area contributed by atoms with Gasteiger partial charge in [0, 0.05) is 19.1 Å². The first kappa shape index (κ1) is 24.0. The lowest BCUT2D eigenvalue weighted by molar-refractivity contribution is -0.133. The summed E-state index contributed by atoms with van der Waals surface area (Å²) in [5, 5.41) is 6.04. The van der Waals surface area contributed by atoms with E-state index in [0.717, 1.165) is 37.7 Å². The number of carbonyl (C=O) groups excluding carboxylic acids is 3. The van der Waals surface area contributed by atoms with E-state index in [9.17, 15) is 14.4 Å². The number of hydrogen-bond donors (Lipinski definition) is 2. The summed E-state index contributed by atoms with van der Waals surface area (Å²) in [6, 6.07) is 8.24. The van der Waals surface area contributed by atoms with Crippen molar-refractivity contribution in [2.75, 3.05) is 6.54 Å². The lowest BCUT2D eigenvalue weighted by Crippen LogP contribution is -2.65. The monoisotopic (exact) mass is 465 g/mol. The van der Waals surface area contributed by atoms with Gasteiger partial charge in [0.05, 0.1) is 12.9 Å². The fraction of sp³-hybridized carbons (Fsp3) is 0.538. The zero-order valence-corrected chi connectivity index (χ0v) is 20.4. The molecule has 1 atom stereocenters. The summed E-state index contributed by atoms with van der Waals surface area (Å²) in [5.41, 5.74) is 1.54. The first-order valence-electron chi connectivity index (χ1n) is 12.4. The maximum Gasteiger partial charge on any atom is 0.273 e. The van der Waals surface area contributed by atoms with E-state index >= 15 is 0 Å². The van der Waals surface area contributed by atoms with Crippen LogP contribution >= 0.6 is 0 Å². The van der Waals surface area contributed by atoms with Crippen molar-refractivity contribution in [2.45, 2.75) is 84.0 Å². The summed E-state index contributed by atoms with van der Waals surface area (Å²) in [4.78, 5) is 45.8. The summed E-state index contributed by atoms with van der Waals surface area (Å²) in [6.07, 6.45) is 7.36. The minimum absolute atomic E-state index is 0.106. The quantitative estimate of drug-likeness (QED) is 0.626. The maximum absolute atomic E-state index is 13.6. The summed E-state index contributed by atoms with van der Waals surface area (Å²) in [6.45, 7) is 6.94. The Morgan fingerprint density at radius 1 is 1.12 bits per heavy atom. The van der Waals surface area contributed by atoms with Crippen LogP contribution in [0.3, 0.4) is 0 Å². The molecule has 1 fully saturated rings. The zero-order valence-electron chi connectivity index (χ0n) is 20.4. The fourth-order valence-corrected chi connectivity index (χ4v) is 5.00. The number of nitrogens with one attached hydrogen (secondary N) is 2. The molecule has 1 aromatic carbocycles. The fourth-order valence-electron chi connectivity index (χ4n) is 5.00. The molecular formula is C26H35N5O3. The van der Waals surface area contributed by atoms with E-state index in [1.807, 2.05) is 38.1 Å². The summed E-state index contributed by atoms with van der Waals surface area (Å²) >= 11 is 0. The van der Waals surface area contributed by atoms with Gasteiger partial charge >= 0.3 is 0 Å². The van der Waals surface area contributed by atoms with Gasteiger partial charge < -0.3 is 20.1 Å². The Morgan fingerprint density at radius 3 is 2.44 bits per heavy atom. The lowest BCUT2D eigenvalue weighted by Gasteiger charge is -2.44. The number of hydrogen-bond acceptors (Lipinski definition) is 4. The number of imidazole rings is 1. The molecule has 2 N–H and O–H groups in total. The number of rotatable bonds is 8. The lowest BCUT2D eigenvalue weighted by atomic mass is 9.93. The van der Waals surface area contributed by atoms with Crippen molar-refractivity contribution in [1.29, 1.82) is 0 Å². The largest absolute Gasteiger partial charge is 0.351 e. The third-order valence-corrected chi connectivity index (χ3v) is 7.09. The average molecular weight is 466 g/mol. The van der Waals surface area contributed by atoms with Crippen LogP contribution in [0.1, 0.15) is 85.0 Å². The van der Waals surface area contributed by atoms with Crippen LogP contribution in [0.5, 0.6) is 0 Å². The first-order chi connectivity index (χ1) is 16.4. The number of aromatic nitrogens is 2. The van der Waals surface area contributed by atoms with Gasteiger partial charge in [-0.25, -0.2) is 4.98 Å². The molecule has 0 spiro atoms. The van der Waals surface area contributed by atoms with Crippen molar-refractivity contribution >= 4 is 17.7 Å². The number of benzene rings is 1. The Balaban J connectivity index is 1.53. The zero-order chi connectivity index (χ0) is 24.3. The Kier molecular flexibility index (Phi) is 7.05. The third-order valence-electron chi connectivity index (χ3n) is 7.09. The molecule has 2 heterocycles. The molecule has 182 valence electrons. The second kappa shape index (κ2) is 9.99. The number of fused-ring (bicyclic) bond motifs is 1. The Labute approximate surface area is 201 Å². The number of aryl methyl sites for hydroxylation is 1. The minimum atomic E-state index is -1.03. The van der Waals surface area contributed by atoms with E-state index in [2.05, 4.69) is 22.5 Å². The average Bonchev–Trinajstić information content (AvgIpc) is 3.50. The molecule has 2 aliphatic rings. The van der Waals surface area contributed by atoms with E-state index in [1.165, 1.54) is 11.9 Å². The summed E-state index contributed by atoms with van der Waals surface area (Å²) < 4.78 is 1.66. The van der Waals surface area contributed by atoms with Crippen LogP contribution in [-0.4, -0.2) is 50.3 Å². The smallest absolute Gasteiger partial charge is 0.273 e. The minimum Gasteiger partial charge on any atom is -0.351 e. The van der Waals surface area contributed by atoms with Crippen molar-refractivity contribution in [3.8, 4) is 0 Å². The molecule has 0 saturated heterocycles. The predicted molar refractivity (Wildman–Crippen MR) is 129 cm³/mol. The molecule has 2 aromatic rings. The number of carbonyl (C=O) groups is 3. The Bertz CT molecular complexity index is 1050. The van der Waals surface area contributed by atoms with Crippen molar-refractivity contribution in [2.24, 2.45) is 0 Å². The van der Waals surface area contributed by atoms with Gasteiger partial charge in [0.25, 0.3) is 11.8 Å². The second-order valence-corrected chi connectivity index (χ2v) is 9.61. The van der Waals surface area contributed by atoms with Crippen LogP contribution in [0.15, 0.2) is 30.6 Å². The molecule has 8 nitrogen and oxygen atoms in total. The number of amides is 3. The van der Waals surface area contributed by atoms with E-state index < -0.39 is 11.4 Å². The summed E-state index contributed by atoms with van der Waals surface area (Å²) in [7, 11) is 0. The topological polar surface area (TPSA) is 96.3 Å². The highest BCUT2D eigenvalue weighted by Gasteiger charge is 2.48. The van der Waals surface area contributed by atoms with E-state index in [-0.39, 0.29) is 35.8 Å². The predicted octanol–water partition coefficient (Wildman–Crippen LogP) is 3.06. The van der Waals surface area contributed by atoms with E-state index in [4.69, 9.17) is 0 Å². The highest BCUT2D eigenvalue weighted by Crippen LogP contribution is 2.30. The SMILES string of the molecule is CCCN1C(=O)c2c(C(=O)NCc3ccc(CC)cc3)ncn2C[C@@]1(C)C(=O)NC1CCCC1. The van der Waals surface area contributed by atoms with E-state index in [0.29, 0.717) is 19.5 Å². The molecule has 34 heavy (non-hydrogen) atoms. The molecule has 0 unspecified atom stereocenters.